The highest BCUT2D eigenvalue weighted by Crippen LogP contribution is 2.24. The first-order valence-electron chi connectivity index (χ1n) is 5.60. The first-order chi connectivity index (χ1) is 8.25. The highest BCUT2D eigenvalue weighted by atomic mass is 32.2. The van der Waals surface area contributed by atoms with Crippen LogP contribution in [0.2, 0.25) is 0 Å². The van der Waals surface area contributed by atoms with Crippen molar-refractivity contribution in [1.82, 2.24) is 9.29 Å². The number of nitrogens with zero attached hydrogens (tertiary/aromatic N) is 3. The van der Waals surface area contributed by atoms with Crippen LogP contribution >= 0.6 is 0 Å². The lowest BCUT2D eigenvalue weighted by molar-refractivity contribution is 0.257. The molecule has 0 aliphatic carbocycles. The van der Waals surface area contributed by atoms with Crippen LogP contribution in [0, 0.1) is 11.3 Å². The molecule has 0 bridgehead atoms. The third-order valence-corrected chi connectivity index (χ3v) is 5.25. The van der Waals surface area contributed by atoms with Gasteiger partial charge in [-0.3, -0.25) is 4.98 Å². The second-order valence-corrected chi connectivity index (χ2v) is 6.63. The molecule has 0 unspecified atom stereocenters. The third kappa shape index (κ3) is 2.68. The van der Waals surface area contributed by atoms with Crippen molar-refractivity contribution < 1.29 is 8.42 Å². The monoisotopic (exact) mass is 267 g/mol. The summed E-state index contributed by atoms with van der Waals surface area (Å²) in [5.41, 5.74) is -0.250. The number of hydrogen-bond donors (Lipinski definition) is 0. The molecule has 98 valence electrons. The van der Waals surface area contributed by atoms with E-state index in [-0.39, 0.29) is 10.5 Å². The summed E-state index contributed by atoms with van der Waals surface area (Å²) in [7, 11) is -2.08. The minimum absolute atomic E-state index is 0.0468. The van der Waals surface area contributed by atoms with E-state index in [0.717, 1.165) is 0 Å². The van der Waals surface area contributed by atoms with E-state index in [1.165, 1.54) is 29.8 Å². The Balaban J connectivity index is 3.26. The minimum atomic E-state index is -3.62. The van der Waals surface area contributed by atoms with E-state index in [0.29, 0.717) is 6.42 Å². The van der Waals surface area contributed by atoms with Gasteiger partial charge in [0.25, 0.3) is 0 Å². The number of sulfonamides is 1. The van der Waals surface area contributed by atoms with Crippen molar-refractivity contribution in [3.05, 3.63) is 24.0 Å². The summed E-state index contributed by atoms with van der Waals surface area (Å²) in [6, 6.07) is 3.22. The van der Waals surface area contributed by atoms with E-state index in [2.05, 4.69) is 4.98 Å². The normalized spacial score (nSPS) is 12.4. The van der Waals surface area contributed by atoms with Gasteiger partial charge in [0.2, 0.25) is 10.0 Å². The van der Waals surface area contributed by atoms with Gasteiger partial charge in [0, 0.05) is 25.0 Å². The molecule has 0 saturated carbocycles. The van der Waals surface area contributed by atoms with Crippen molar-refractivity contribution >= 4 is 10.0 Å². The van der Waals surface area contributed by atoms with Gasteiger partial charge in [-0.25, -0.2) is 8.42 Å². The SMILES string of the molecule is CCC(C)(C)N(C)S(=O)(=O)c1cncc(C#N)c1. The molecule has 0 spiro atoms. The minimum Gasteiger partial charge on any atom is -0.262 e. The Hall–Kier alpha value is -1.45. The molecule has 0 aliphatic rings. The van der Waals surface area contributed by atoms with Crippen molar-refractivity contribution in [1.29, 1.82) is 5.26 Å². The van der Waals surface area contributed by atoms with Crippen LogP contribution < -0.4 is 0 Å². The van der Waals surface area contributed by atoms with Crippen LogP contribution in [-0.4, -0.2) is 30.3 Å². The van der Waals surface area contributed by atoms with E-state index in [4.69, 9.17) is 5.26 Å². The fraction of sp³-hybridized carbons (Fsp3) is 0.500. The summed E-state index contributed by atoms with van der Waals surface area (Å²) in [4.78, 5) is 3.83. The standard InChI is InChI=1S/C12H17N3O2S/c1-5-12(2,3)15(4)18(16,17)11-6-10(7-13)8-14-9-11/h6,8-9H,5H2,1-4H3. The Bertz CT molecular complexity index is 573. The predicted octanol–water partition coefficient (Wildman–Crippen LogP) is 1.76. The maximum Gasteiger partial charge on any atom is 0.244 e. The van der Waals surface area contributed by atoms with Crippen molar-refractivity contribution in [3.8, 4) is 6.07 Å². The lowest BCUT2D eigenvalue weighted by Gasteiger charge is -2.33. The average molecular weight is 267 g/mol. The second kappa shape index (κ2) is 5.04. The Labute approximate surface area is 108 Å². The molecule has 18 heavy (non-hydrogen) atoms. The molecule has 1 aromatic heterocycles. The van der Waals surface area contributed by atoms with Gasteiger partial charge >= 0.3 is 0 Å². The number of aromatic nitrogens is 1. The Kier molecular flexibility index (Phi) is 4.09. The topological polar surface area (TPSA) is 74.1 Å². The van der Waals surface area contributed by atoms with Gasteiger partial charge in [-0.2, -0.15) is 9.57 Å². The van der Waals surface area contributed by atoms with Crippen LogP contribution in [0.5, 0.6) is 0 Å². The highest BCUT2D eigenvalue weighted by molar-refractivity contribution is 7.89. The van der Waals surface area contributed by atoms with Gasteiger partial charge in [0.15, 0.2) is 0 Å². The lowest BCUT2D eigenvalue weighted by Crippen LogP contribution is -2.44. The van der Waals surface area contributed by atoms with Crippen molar-refractivity contribution in [2.75, 3.05) is 7.05 Å². The van der Waals surface area contributed by atoms with Gasteiger partial charge in [0.05, 0.1) is 5.56 Å². The molecule has 1 aromatic rings. The Morgan fingerprint density at radius 1 is 1.44 bits per heavy atom. The van der Waals surface area contributed by atoms with Crippen LogP contribution in [0.15, 0.2) is 23.4 Å². The van der Waals surface area contributed by atoms with Crippen molar-refractivity contribution in [2.24, 2.45) is 0 Å². The maximum atomic E-state index is 12.4. The van der Waals surface area contributed by atoms with E-state index in [9.17, 15) is 8.42 Å². The van der Waals surface area contributed by atoms with Crippen LogP contribution in [0.3, 0.4) is 0 Å². The number of nitriles is 1. The van der Waals surface area contributed by atoms with E-state index in [1.54, 1.807) is 0 Å². The van der Waals surface area contributed by atoms with Crippen LogP contribution in [-0.2, 0) is 10.0 Å². The van der Waals surface area contributed by atoms with E-state index in [1.807, 2.05) is 26.8 Å². The Morgan fingerprint density at radius 3 is 2.56 bits per heavy atom. The summed E-state index contributed by atoms with van der Waals surface area (Å²) in [6.45, 7) is 5.63. The molecule has 0 aromatic carbocycles. The molecule has 1 heterocycles. The zero-order valence-electron chi connectivity index (χ0n) is 11.0. The second-order valence-electron chi connectivity index (χ2n) is 4.66. The molecule has 1 rings (SSSR count). The van der Waals surface area contributed by atoms with E-state index < -0.39 is 15.6 Å². The van der Waals surface area contributed by atoms with Gasteiger partial charge in [-0.15, -0.1) is 0 Å². The summed E-state index contributed by atoms with van der Waals surface area (Å²) in [5, 5.41) is 8.77. The van der Waals surface area contributed by atoms with Gasteiger partial charge in [-0.05, 0) is 26.3 Å². The van der Waals surface area contributed by atoms with Gasteiger partial charge < -0.3 is 0 Å². The largest absolute Gasteiger partial charge is 0.262 e. The summed E-state index contributed by atoms with van der Waals surface area (Å²) in [6.07, 6.45) is 3.29. The molecule has 0 saturated heterocycles. The molecule has 0 N–H and O–H groups in total. The molecule has 0 radical (unpaired) electrons. The molecule has 0 amide bonds. The lowest BCUT2D eigenvalue weighted by atomic mass is 10.0. The third-order valence-electron chi connectivity index (χ3n) is 3.22. The fourth-order valence-electron chi connectivity index (χ4n) is 1.33. The molecular weight excluding hydrogens is 250 g/mol. The molecular formula is C12H17N3O2S. The first-order valence-corrected chi connectivity index (χ1v) is 7.04. The fourth-order valence-corrected chi connectivity index (χ4v) is 2.89. The summed E-state index contributed by atoms with van der Waals surface area (Å²) >= 11 is 0. The highest BCUT2D eigenvalue weighted by Gasteiger charge is 2.32. The van der Waals surface area contributed by atoms with Crippen LogP contribution in [0.4, 0.5) is 0 Å². The van der Waals surface area contributed by atoms with E-state index >= 15 is 0 Å². The van der Waals surface area contributed by atoms with Gasteiger partial charge in [0.1, 0.15) is 11.0 Å². The van der Waals surface area contributed by atoms with Gasteiger partial charge in [-0.1, -0.05) is 6.92 Å². The average Bonchev–Trinajstić information content (AvgIpc) is 2.37. The summed E-state index contributed by atoms with van der Waals surface area (Å²) < 4.78 is 26.1. The molecule has 0 atom stereocenters. The molecule has 0 fully saturated rings. The first kappa shape index (κ1) is 14.6. The zero-order valence-corrected chi connectivity index (χ0v) is 11.8. The Morgan fingerprint density at radius 2 is 2.06 bits per heavy atom. The smallest absolute Gasteiger partial charge is 0.244 e. The number of hydrogen-bond acceptors (Lipinski definition) is 4. The van der Waals surface area contributed by atoms with Crippen LogP contribution in [0.25, 0.3) is 0 Å². The van der Waals surface area contributed by atoms with Crippen molar-refractivity contribution in [2.45, 2.75) is 37.6 Å². The molecule has 6 heteroatoms. The number of rotatable bonds is 4. The van der Waals surface area contributed by atoms with Crippen LogP contribution in [0.1, 0.15) is 32.8 Å². The van der Waals surface area contributed by atoms with Crippen molar-refractivity contribution in [3.63, 3.8) is 0 Å². The molecule has 5 nitrogen and oxygen atoms in total. The number of pyridine rings is 1. The predicted molar refractivity (Wildman–Crippen MR) is 68.3 cm³/mol. The molecule has 0 aliphatic heterocycles. The summed E-state index contributed by atoms with van der Waals surface area (Å²) in [5.74, 6) is 0. The quantitative estimate of drug-likeness (QED) is 0.833. The maximum absolute atomic E-state index is 12.4. The zero-order chi connectivity index (χ0) is 14.0.